The molecule has 2 aliphatic rings. The fraction of sp³-hybridized carbons (Fsp3) is 0.600. The Bertz CT molecular complexity index is 706. The molecular formula is C15H20ClN3O4S. The number of halogens is 1. The Kier molecular flexibility index (Phi) is 5.39. The van der Waals surface area contributed by atoms with E-state index in [9.17, 15) is 13.2 Å². The largest absolute Gasteiger partial charge is 0.379 e. The first-order chi connectivity index (χ1) is 11.5. The quantitative estimate of drug-likeness (QED) is 0.738. The Morgan fingerprint density at radius 2 is 2.00 bits per heavy atom. The van der Waals surface area contributed by atoms with Gasteiger partial charge in [-0.15, -0.1) is 0 Å². The minimum Gasteiger partial charge on any atom is -0.379 e. The second-order valence-corrected chi connectivity index (χ2v) is 8.52. The van der Waals surface area contributed by atoms with Crippen molar-refractivity contribution in [1.82, 2.24) is 14.2 Å². The van der Waals surface area contributed by atoms with Crippen LogP contribution in [0.3, 0.4) is 0 Å². The standard InChI is InChI=1S/C15H20ClN3O4S/c16-14-5-1-4-13(17-14)15(20)18-6-2-3-12(11-18)24(21,22)19-7-9-23-10-8-19/h1,4-5,12H,2-3,6-11H2/t12-/m0/s1. The number of ether oxygens (including phenoxy) is 1. The Morgan fingerprint density at radius 1 is 1.25 bits per heavy atom. The molecule has 0 bridgehead atoms. The van der Waals surface area contributed by atoms with Crippen molar-refractivity contribution in [2.24, 2.45) is 0 Å². The van der Waals surface area contributed by atoms with Crippen LogP contribution in [0.15, 0.2) is 18.2 Å². The van der Waals surface area contributed by atoms with Crippen molar-refractivity contribution >= 4 is 27.5 Å². The van der Waals surface area contributed by atoms with Crippen molar-refractivity contribution in [3.63, 3.8) is 0 Å². The van der Waals surface area contributed by atoms with Gasteiger partial charge < -0.3 is 9.64 Å². The molecule has 0 aromatic carbocycles. The average Bonchev–Trinajstić information content (AvgIpc) is 2.62. The van der Waals surface area contributed by atoms with Crippen molar-refractivity contribution in [2.75, 3.05) is 39.4 Å². The lowest BCUT2D eigenvalue weighted by Gasteiger charge is -2.36. The van der Waals surface area contributed by atoms with Gasteiger partial charge in [-0.3, -0.25) is 4.79 Å². The average molecular weight is 374 g/mol. The van der Waals surface area contributed by atoms with Crippen LogP contribution in [0.1, 0.15) is 23.3 Å². The van der Waals surface area contributed by atoms with Gasteiger partial charge in [-0.2, -0.15) is 4.31 Å². The lowest BCUT2D eigenvalue weighted by molar-refractivity contribution is 0.0683. The molecule has 0 saturated carbocycles. The number of pyridine rings is 1. The summed E-state index contributed by atoms with van der Waals surface area (Å²) in [6, 6.07) is 4.85. The van der Waals surface area contributed by atoms with Gasteiger partial charge in [0.2, 0.25) is 10.0 Å². The number of likely N-dealkylation sites (tertiary alicyclic amines) is 1. The summed E-state index contributed by atoms with van der Waals surface area (Å²) in [5, 5.41) is -0.331. The molecule has 1 aromatic rings. The maximum atomic E-state index is 12.8. The number of rotatable bonds is 3. The maximum absolute atomic E-state index is 12.8. The Hall–Kier alpha value is -1.22. The van der Waals surface area contributed by atoms with E-state index in [1.54, 1.807) is 23.1 Å². The highest BCUT2D eigenvalue weighted by molar-refractivity contribution is 7.89. The Morgan fingerprint density at radius 3 is 2.71 bits per heavy atom. The normalized spacial score (nSPS) is 23.2. The molecule has 7 nitrogen and oxygen atoms in total. The summed E-state index contributed by atoms with van der Waals surface area (Å²) in [4.78, 5) is 18.2. The van der Waals surface area contributed by atoms with E-state index in [0.29, 0.717) is 45.7 Å². The van der Waals surface area contributed by atoms with Crippen LogP contribution in [-0.4, -0.2) is 73.2 Å². The molecule has 0 N–H and O–H groups in total. The van der Waals surface area contributed by atoms with Gasteiger partial charge in [-0.05, 0) is 25.0 Å². The van der Waals surface area contributed by atoms with Gasteiger partial charge in [-0.25, -0.2) is 13.4 Å². The van der Waals surface area contributed by atoms with Crippen molar-refractivity contribution in [3.8, 4) is 0 Å². The third kappa shape index (κ3) is 3.72. The van der Waals surface area contributed by atoms with E-state index in [0.717, 1.165) is 0 Å². The monoisotopic (exact) mass is 373 g/mol. The lowest BCUT2D eigenvalue weighted by Crippen LogP contribution is -2.51. The lowest BCUT2D eigenvalue weighted by atomic mass is 10.1. The highest BCUT2D eigenvalue weighted by atomic mass is 35.5. The van der Waals surface area contributed by atoms with E-state index in [2.05, 4.69) is 4.98 Å². The zero-order valence-electron chi connectivity index (χ0n) is 13.2. The molecule has 0 radical (unpaired) electrons. The van der Waals surface area contributed by atoms with Crippen molar-refractivity contribution < 1.29 is 17.9 Å². The van der Waals surface area contributed by atoms with Gasteiger partial charge >= 0.3 is 0 Å². The summed E-state index contributed by atoms with van der Waals surface area (Å²) >= 11 is 5.83. The molecule has 3 heterocycles. The van der Waals surface area contributed by atoms with Crippen LogP contribution in [0.2, 0.25) is 5.15 Å². The van der Waals surface area contributed by atoms with Crippen LogP contribution >= 0.6 is 11.6 Å². The van der Waals surface area contributed by atoms with E-state index in [1.165, 1.54) is 4.31 Å². The number of morpholine rings is 1. The fourth-order valence-corrected chi connectivity index (χ4v) is 5.14. The van der Waals surface area contributed by atoms with Crippen LogP contribution < -0.4 is 0 Å². The van der Waals surface area contributed by atoms with Gasteiger partial charge in [0.15, 0.2) is 0 Å². The number of carbonyl (C=O) groups is 1. The molecule has 132 valence electrons. The number of hydrogen-bond acceptors (Lipinski definition) is 5. The first-order valence-corrected chi connectivity index (χ1v) is 9.85. The molecule has 0 spiro atoms. The number of carbonyl (C=O) groups excluding carboxylic acids is 1. The molecule has 0 unspecified atom stereocenters. The third-order valence-corrected chi connectivity index (χ3v) is 6.87. The summed E-state index contributed by atoms with van der Waals surface area (Å²) in [6.45, 7) is 2.31. The van der Waals surface area contributed by atoms with E-state index < -0.39 is 15.3 Å². The van der Waals surface area contributed by atoms with Crippen LogP contribution in [0.25, 0.3) is 0 Å². The molecule has 2 fully saturated rings. The number of sulfonamides is 1. The smallest absolute Gasteiger partial charge is 0.272 e. The minimum atomic E-state index is -3.43. The molecular weight excluding hydrogens is 354 g/mol. The summed E-state index contributed by atoms with van der Waals surface area (Å²) < 4.78 is 32.3. The van der Waals surface area contributed by atoms with Gasteiger partial charge in [0.1, 0.15) is 10.8 Å². The number of nitrogens with zero attached hydrogens (tertiary/aromatic N) is 3. The Labute approximate surface area is 146 Å². The van der Waals surface area contributed by atoms with E-state index >= 15 is 0 Å². The predicted molar refractivity (Wildman–Crippen MR) is 89.5 cm³/mol. The molecule has 0 aliphatic carbocycles. The van der Waals surface area contributed by atoms with E-state index in [1.807, 2.05) is 0 Å². The summed E-state index contributed by atoms with van der Waals surface area (Å²) in [5.41, 5.74) is 0.243. The van der Waals surface area contributed by atoms with E-state index in [4.69, 9.17) is 16.3 Å². The molecule has 3 rings (SSSR count). The summed E-state index contributed by atoms with van der Waals surface area (Å²) in [6.07, 6.45) is 1.22. The third-order valence-electron chi connectivity index (χ3n) is 4.35. The molecule has 1 atom stereocenters. The predicted octanol–water partition coefficient (Wildman–Crippen LogP) is 1.00. The molecule has 1 amide bonds. The number of aromatic nitrogens is 1. The van der Waals surface area contributed by atoms with Gasteiger partial charge in [0.25, 0.3) is 5.91 Å². The molecule has 2 aliphatic heterocycles. The molecule has 2 saturated heterocycles. The number of piperidine rings is 1. The molecule has 1 aromatic heterocycles. The van der Waals surface area contributed by atoms with Crippen LogP contribution in [-0.2, 0) is 14.8 Å². The van der Waals surface area contributed by atoms with Crippen molar-refractivity contribution in [1.29, 1.82) is 0 Å². The van der Waals surface area contributed by atoms with Crippen LogP contribution in [0.4, 0.5) is 0 Å². The molecule has 24 heavy (non-hydrogen) atoms. The number of hydrogen-bond donors (Lipinski definition) is 0. The Balaban J connectivity index is 1.73. The highest BCUT2D eigenvalue weighted by Gasteiger charge is 2.37. The SMILES string of the molecule is O=C(c1cccc(Cl)n1)N1CCC[C@H](S(=O)(=O)N2CCOCC2)C1. The highest BCUT2D eigenvalue weighted by Crippen LogP contribution is 2.22. The fourth-order valence-electron chi connectivity index (χ4n) is 3.07. The number of amides is 1. The summed E-state index contributed by atoms with van der Waals surface area (Å²) in [7, 11) is -3.43. The van der Waals surface area contributed by atoms with E-state index in [-0.39, 0.29) is 23.3 Å². The molecule has 9 heteroatoms. The van der Waals surface area contributed by atoms with Gasteiger partial charge in [-0.1, -0.05) is 17.7 Å². The maximum Gasteiger partial charge on any atom is 0.272 e. The van der Waals surface area contributed by atoms with Gasteiger partial charge in [0, 0.05) is 26.2 Å². The van der Waals surface area contributed by atoms with Crippen molar-refractivity contribution in [2.45, 2.75) is 18.1 Å². The summed E-state index contributed by atoms with van der Waals surface area (Å²) in [5.74, 6) is -0.278. The second kappa shape index (κ2) is 7.35. The zero-order valence-corrected chi connectivity index (χ0v) is 14.8. The van der Waals surface area contributed by atoms with Crippen LogP contribution in [0.5, 0.6) is 0 Å². The minimum absolute atomic E-state index is 0.187. The topological polar surface area (TPSA) is 79.8 Å². The van der Waals surface area contributed by atoms with Crippen LogP contribution in [0, 0.1) is 0 Å². The van der Waals surface area contributed by atoms with Gasteiger partial charge in [0.05, 0.1) is 18.5 Å². The van der Waals surface area contributed by atoms with Crippen molar-refractivity contribution in [3.05, 3.63) is 29.0 Å². The first-order valence-electron chi connectivity index (χ1n) is 7.97. The first kappa shape index (κ1) is 17.6. The zero-order chi connectivity index (χ0) is 17.2. The second-order valence-electron chi connectivity index (χ2n) is 5.92.